The summed E-state index contributed by atoms with van der Waals surface area (Å²) in [5, 5.41) is 10.9. The number of nitrogens with zero attached hydrogens (tertiary/aromatic N) is 3. The SMILES string of the molecule is CC1CC(C)CN(c2cc([N+](=O)[O-])cc(NN)n2)C1. The van der Waals surface area contributed by atoms with Gasteiger partial charge in [0, 0.05) is 13.1 Å². The molecule has 0 aliphatic carbocycles. The van der Waals surface area contributed by atoms with Crippen LogP contribution in [0.15, 0.2) is 12.1 Å². The first-order valence-corrected chi connectivity index (χ1v) is 6.37. The number of nitrogens with one attached hydrogen (secondary N) is 1. The highest BCUT2D eigenvalue weighted by Gasteiger charge is 2.24. The van der Waals surface area contributed by atoms with Crippen molar-refractivity contribution in [3.63, 3.8) is 0 Å². The fourth-order valence-electron chi connectivity index (χ4n) is 2.69. The number of nitrogen functional groups attached to an aromatic ring is 1. The van der Waals surface area contributed by atoms with Crippen LogP contribution in [0.1, 0.15) is 20.3 Å². The Morgan fingerprint density at radius 2 is 2.05 bits per heavy atom. The summed E-state index contributed by atoms with van der Waals surface area (Å²) in [6, 6.07) is 2.84. The molecular weight excluding hydrogens is 246 g/mol. The standard InChI is InChI=1S/C12H19N5O2/c1-8-3-9(2)7-16(6-8)12-5-10(17(18)19)4-11(14-12)15-13/h4-5,8-9H,3,6-7,13H2,1-2H3,(H,14,15). The first-order valence-electron chi connectivity index (χ1n) is 6.37. The molecule has 2 heterocycles. The predicted octanol–water partition coefficient (Wildman–Crippen LogP) is 1.76. The van der Waals surface area contributed by atoms with Crippen LogP contribution in [-0.2, 0) is 0 Å². The molecule has 7 nitrogen and oxygen atoms in total. The minimum atomic E-state index is -0.428. The fraction of sp³-hybridized carbons (Fsp3) is 0.583. The molecule has 3 N–H and O–H groups in total. The van der Waals surface area contributed by atoms with Gasteiger partial charge in [0.1, 0.15) is 11.6 Å². The van der Waals surface area contributed by atoms with Gasteiger partial charge >= 0.3 is 0 Å². The Morgan fingerprint density at radius 1 is 1.42 bits per heavy atom. The van der Waals surface area contributed by atoms with E-state index in [9.17, 15) is 10.1 Å². The molecular formula is C12H19N5O2. The first kappa shape index (κ1) is 13.5. The van der Waals surface area contributed by atoms with Crippen LogP contribution in [-0.4, -0.2) is 23.0 Å². The van der Waals surface area contributed by atoms with Crippen LogP contribution in [0.5, 0.6) is 0 Å². The molecule has 1 aromatic heterocycles. The van der Waals surface area contributed by atoms with Crippen molar-refractivity contribution < 1.29 is 4.92 Å². The quantitative estimate of drug-likeness (QED) is 0.491. The molecule has 1 aliphatic rings. The average Bonchev–Trinajstić information content (AvgIpc) is 2.37. The Bertz CT molecular complexity index is 469. The molecule has 1 saturated heterocycles. The van der Waals surface area contributed by atoms with E-state index in [1.165, 1.54) is 18.6 Å². The van der Waals surface area contributed by atoms with E-state index in [0.717, 1.165) is 13.1 Å². The number of nitrogens with two attached hydrogens (primary N) is 1. The maximum atomic E-state index is 10.9. The Labute approximate surface area is 111 Å². The zero-order chi connectivity index (χ0) is 14.0. The van der Waals surface area contributed by atoms with Gasteiger partial charge in [-0.15, -0.1) is 0 Å². The summed E-state index contributed by atoms with van der Waals surface area (Å²) in [4.78, 5) is 16.9. The second kappa shape index (κ2) is 5.40. The van der Waals surface area contributed by atoms with Gasteiger partial charge in [-0.2, -0.15) is 0 Å². The maximum absolute atomic E-state index is 10.9. The zero-order valence-electron chi connectivity index (χ0n) is 11.2. The number of piperidine rings is 1. The van der Waals surface area contributed by atoms with Gasteiger partial charge < -0.3 is 10.3 Å². The number of hydrogen-bond acceptors (Lipinski definition) is 6. The Kier molecular flexibility index (Phi) is 3.84. The zero-order valence-corrected chi connectivity index (χ0v) is 11.2. The number of pyridine rings is 1. The lowest BCUT2D eigenvalue weighted by atomic mass is 9.92. The third-order valence-corrected chi connectivity index (χ3v) is 3.35. The van der Waals surface area contributed by atoms with Gasteiger partial charge in [-0.3, -0.25) is 10.1 Å². The van der Waals surface area contributed by atoms with Crippen molar-refractivity contribution in [2.75, 3.05) is 23.4 Å². The van der Waals surface area contributed by atoms with E-state index in [4.69, 9.17) is 5.84 Å². The molecule has 2 unspecified atom stereocenters. The molecule has 0 bridgehead atoms. The summed E-state index contributed by atoms with van der Waals surface area (Å²) in [6.07, 6.45) is 1.17. The van der Waals surface area contributed by atoms with Gasteiger partial charge in [-0.05, 0) is 18.3 Å². The highest BCUT2D eigenvalue weighted by molar-refractivity contribution is 5.55. The minimum absolute atomic E-state index is 0.00355. The summed E-state index contributed by atoms with van der Waals surface area (Å²) in [5.74, 6) is 7.35. The van der Waals surface area contributed by atoms with Crippen LogP contribution in [0.25, 0.3) is 0 Å². The van der Waals surface area contributed by atoms with Gasteiger partial charge in [-0.1, -0.05) is 13.8 Å². The number of anilines is 2. The van der Waals surface area contributed by atoms with Crippen LogP contribution in [0, 0.1) is 22.0 Å². The van der Waals surface area contributed by atoms with E-state index >= 15 is 0 Å². The van der Waals surface area contributed by atoms with Crippen molar-refractivity contribution in [2.45, 2.75) is 20.3 Å². The Hall–Kier alpha value is -1.89. The second-order valence-electron chi connectivity index (χ2n) is 5.32. The van der Waals surface area contributed by atoms with E-state index in [1.807, 2.05) is 0 Å². The van der Waals surface area contributed by atoms with E-state index in [2.05, 4.69) is 29.2 Å². The van der Waals surface area contributed by atoms with Gasteiger partial charge in [0.2, 0.25) is 0 Å². The molecule has 1 aliphatic heterocycles. The van der Waals surface area contributed by atoms with Gasteiger partial charge in [0.25, 0.3) is 5.69 Å². The van der Waals surface area contributed by atoms with E-state index in [-0.39, 0.29) is 5.69 Å². The molecule has 0 aromatic carbocycles. The normalized spacial score (nSPS) is 23.2. The summed E-state index contributed by atoms with van der Waals surface area (Å²) < 4.78 is 0. The number of rotatable bonds is 3. The van der Waals surface area contributed by atoms with Crippen molar-refractivity contribution in [3.05, 3.63) is 22.2 Å². The smallest absolute Gasteiger partial charge is 0.276 e. The van der Waals surface area contributed by atoms with Gasteiger partial charge in [0.15, 0.2) is 0 Å². The highest BCUT2D eigenvalue weighted by atomic mass is 16.6. The summed E-state index contributed by atoms with van der Waals surface area (Å²) >= 11 is 0. The van der Waals surface area contributed by atoms with Crippen molar-refractivity contribution in [1.82, 2.24) is 4.98 Å². The minimum Gasteiger partial charge on any atom is -0.356 e. The Morgan fingerprint density at radius 3 is 2.58 bits per heavy atom. The number of aromatic nitrogens is 1. The molecule has 0 amide bonds. The molecule has 2 atom stereocenters. The number of hydrazine groups is 1. The lowest BCUT2D eigenvalue weighted by Crippen LogP contribution is -2.39. The number of hydrogen-bond donors (Lipinski definition) is 2. The Balaban J connectivity index is 2.32. The van der Waals surface area contributed by atoms with Crippen LogP contribution in [0.4, 0.5) is 17.3 Å². The van der Waals surface area contributed by atoms with Crippen LogP contribution >= 0.6 is 0 Å². The molecule has 1 fully saturated rings. The molecule has 0 radical (unpaired) electrons. The fourth-order valence-corrected chi connectivity index (χ4v) is 2.69. The van der Waals surface area contributed by atoms with E-state index in [0.29, 0.717) is 23.5 Å². The third-order valence-electron chi connectivity index (χ3n) is 3.35. The van der Waals surface area contributed by atoms with E-state index in [1.54, 1.807) is 0 Å². The summed E-state index contributed by atoms with van der Waals surface area (Å²) in [7, 11) is 0. The van der Waals surface area contributed by atoms with Crippen LogP contribution in [0.3, 0.4) is 0 Å². The molecule has 0 spiro atoms. The monoisotopic (exact) mass is 265 g/mol. The van der Waals surface area contributed by atoms with Crippen molar-refractivity contribution in [2.24, 2.45) is 17.7 Å². The molecule has 1 aromatic rings. The summed E-state index contributed by atoms with van der Waals surface area (Å²) in [6.45, 7) is 6.09. The average molecular weight is 265 g/mol. The molecule has 2 rings (SSSR count). The third kappa shape index (κ3) is 3.11. The number of nitro groups is 1. The van der Waals surface area contributed by atoms with Gasteiger partial charge in [0.05, 0.1) is 17.1 Å². The topological polar surface area (TPSA) is 97.3 Å². The molecule has 0 saturated carbocycles. The van der Waals surface area contributed by atoms with E-state index < -0.39 is 4.92 Å². The van der Waals surface area contributed by atoms with Gasteiger partial charge in [-0.25, -0.2) is 10.8 Å². The van der Waals surface area contributed by atoms with Crippen LogP contribution < -0.4 is 16.2 Å². The molecule has 19 heavy (non-hydrogen) atoms. The molecule has 7 heteroatoms. The lowest BCUT2D eigenvalue weighted by Gasteiger charge is -2.35. The van der Waals surface area contributed by atoms with Crippen LogP contribution in [0.2, 0.25) is 0 Å². The molecule has 104 valence electrons. The van der Waals surface area contributed by atoms with Crippen molar-refractivity contribution >= 4 is 17.3 Å². The lowest BCUT2D eigenvalue weighted by molar-refractivity contribution is -0.384. The first-order chi connectivity index (χ1) is 8.99. The highest BCUT2D eigenvalue weighted by Crippen LogP contribution is 2.28. The second-order valence-corrected chi connectivity index (χ2v) is 5.32. The van der Waals surface area contributed by atoms with Crippen molar-refractivity contribution in [3.8, 4) is 0 Å². The largest absolute Gasteiger partial charge is 0.356 e. The van der Waals surface area contributed by atoms with Crippen molar-refractivity contribution in [1.29, 1.82) is 0 Å². The maximum Gasteiger partial charge on any atom is 0.276 e. The predicted molar refractivity (Wildman–Crippen MR) is 73.9 cm³/mol. The summed E-state index contributed by atoms with van der Waals surface area (Å²) in [5.41, 5.74) is 2.39.